The fourth-order valence-electron chi connectivity index (χ4n) is 4.43. The first-order valence-electron chi connectivity index (χ1n) is 10.3. The van der Waals surface area contributed by atoms with Crippen LogP contribution in [0.5, 0.6) is 5.75 Å². The van der Waals surface area contributed by atoms with E-state index < -0.39 is 0 Å². The van der Waals surface area contributed by atoms with E-state index in [1.165, 1.54) is 6.07 Å². The number of aromatic nitrogens is 1. The number of hydrogen-bond donors (Lipinski definition) is 0. The van der Waals surface area contributed by atoms with Gasteiger partial charge in [-0.3, -0.25) is 4.79 Å². The molecule has 3 aromatic rings. The van der Waals surface area contributed by atoms with E-state index in [-0.39, 0.29) is 17.8 Å². The smallest absolute Gasteiger partial charge is 0.270 e. The van der Waals surface area contributed by atoms with E-state index in [1.807, 2.05) is 34.1 Å². The Morgan fingerprint density at radius 1 is 1.17 bits per heavy atom. The third-order valence-electron chi connectivity index (χ3n) is 6.08. The van der Waals surface area contributed by atoms with Crippen LogP contribution < -0.4 is 9.64 Å². The molecular weight excluding hydrogens is 405 g/mol. The first-order chi connectivity index (χ1) is 14.6. The number of rotatable bonds is 3. The lowest BCUT2D eigenvalue weighted by Crippen LogP contribution is -2.49. The Bertz CT molecular complexity index is 1120. The number of amides is 1. The van der Waals surface area contributed by atoms with Crippen molar-refractivity contribution in [2.24, 2.45) is 0 Å². The van der Waals surface area contributed by atoms with Crippen molar-refractivity contribution < 1.29 is 13.9 Å². The maximum atomic E-state index is 14.1. The predicted molar refractivity (Wildman–Crippen MR) is 116 cm³/mol. The molecule has 5 rings (SSSR count). The van der Waals surface area contributed by atoms with Crippen LogP contribution >= 0.6 is 11.6 Å². The van der Waals surface area contributed by atoms with Crippen molar-refractivity contribution in [1.82, 2.24) is 9.47 Å². The molecule has 0 N–H and O–H groups in total. The van der Waals surface area contributed by atoms with Crippen LogP contribution in [0.2, 0.25) is 5.02 Å². The zero-order valence-electron chi connectivity index (χ0n) is 16.8. The molecule has 0 spiro atoms. The largest absolute Gasteiger partial charge is 0.486 e. The predicted octanol–water partition coefficient (Wildman–Crippen LogP) is 4.57. The molecule has 156 valence electrons. The molecule has 0 aliphatic carbocycles. The van der Waals surface area contributed by atoms with Crippen LogP contribution in [0.3, 0.4) is 0 Å². The van der Waals surface area contributed by atoms with Crippen molar-refractivity contribution >= 4 is 34.1 Å². The number of halogens is 2. The number of para-hydroxylation sites is 1. The van der Waals surface area contributed by atoms with Crippen LogP contribution in [0.25, 0.3) is 10.9 Å². The average molecular weight is 428 g/mol. The molecule has 0 bridgehead atoms. The van der Waals surface area contributed by atoms with Gasteiger partial charge >= 0.3 is 0 Å². The van der Waals surface area contributed by atoms with Crippen LogP contribution in [-0.2, 0) is 6.54 Å². The van der Waals surface area contributed by atoms with Gasteiger partial charge in [-0.2, -0.15) is 0 Å². The molecule has 7 heteroatoms. The van der Waals surface area contributed by atoms with Crippen molar-refractivity contribution in [2.45, 2.75) is 26.0 Å². The third kappa shape index (κ3) is 3.10. The number of carbonyl (C=O) groups is 1. The molecule has 0 unspecified atom stereocenters. The van der Waals surface area contributed by atoms with E-state index in [9.17, 15) is 9.18 Å². The normalized spacial score (nSPS) is 18.6. The second-order valence-corrected chi connectivity index (χ2v) is 8.23. The van der Waals surface area contributed by atoms with Crippen molar-refractivity contribution in [1.29, 1.82) is 0 Å². The molecule has 2 aliphatic heterocycles. The van der Waals surface area contributed by atoms with Crippen molar-refractivity contribution in [3.63, 3.8) is 0 Å². The molecule has 1 saturated heterocycles. The van der Waals surface area contributed by atoms with Crippen LogP contribution in [0.4, 0.5) is 10.1 Å². The summed E-state index contributed by atoms with van der Waals surface area (Å²) in [6, 6.07) is 12.4. The fraction of sp³-hybridized carbons (Fsp3) is 0.348. The number of ether oxygens (including phenoxy) is 1. The zero-order chi connectivity index (χ0) is 20.8. The van der Waals surface area contributed by atoms with E-state index >= 15 is 0 Å². The van der Waals surface area contributed by atoms with Crippen LogP contribution in [0.1, 0.15) is 23.8 Å². The highest BCUT2D eigenvalue weighted by Crippen LogP contribution is 2.38. The fourth-order valence-corrected chi connectivity index (χ4v) is 4.64. The Morgan fingerprint density at radius 2 is 1.93 bits per heavy atom. The van der Waals surface area contributed by atoms with Gasteiger partial charge < -0.3 is 19.1 Å². The maximum absolute atomic E-state index is 14.1. The first kappa shape index (κ1) is 19.2. The van der Waals surface area contributed by atoms with Gasteiger partial charge in [0.05, 0.1) is 22.8 Å². The Hall–Kier alpha value is -2.73. The number of benzene rings is 2. The number of hydrogen-bond acceptors (Lipinski definition) is 3. The van der Waals surface area contributed by atoms with Crippen LogP contribution in [-0.4, -0.2) is 47.7 Å². The Labute approximate surface area is 179 Å². The molecule has 1 fully saturated rings. The summed E-state index contributed by atoms with van der Waals surface area (Å²) in [6.07, 6.45) is 0.884. The molecule has 3 heterocycles. The molecule has 0 saturated carbocycles. The van der Waals surface area contributed by atoms with Gasteiger partial charge in [-0.15, -0.1) is 0 Å². The van der Waals surface area contributed by atoms with E-state index in [1.54, 1.807) is 12.1 Å². The highest BCUT2D eigenvalue weighted by Gasteiger charge is 2.30. The van der Waals surface area contributed by atoms with Crippen molar-refractivity contribution in [3.05, 3.63) is 59.0 Å². The number of nitrogens with zero attached hydrogens (tertiary/aromatic N) is 3. The number of anilines is 1. The van der Waals surface area contributed by atoms with Gasteiger partial charge in [-0.25, -0.2) is 4.39 Å². The van der Waals surface area contributed by atoms with Crippen LogP contribution in [0.15, 0.2) is 42.5 Å². The molecule has 2 aromatic carbocycles. The summed E-state index contributed by atoms with van der Waals surface area (Å²) in [5.41, 5.74) is 2.12. The quantitative estimate of drug-likeness (QED) is 0.614. The summed E-state index contributed by atoms with van der Waals surface area (Å²) in [4.78, 5) is 17.3. The van der Waals surface area contributed by atoms with Crippen molar-refractivity contribution in [2.75, 3.05) is 31.1 Å². The zero-order valence-corrected chi connectivity index (χ0v) is 17.5. The average Bonchev–Trinajstić information content (AvgIpc) is 3.17. The standard InChI is InChI=1S/C23H23ClFN3O2/c1-2-15-14-28-20(13-16-17(24)7-8-21(30-15)22(16)28)23(29)27-11-9-26(10-12-27)19-6-4-3-5-18(19)25/h3-8,13,15H,2,9-12,14H2,1H3/t15-/m1/s1. The molecule has 5 nitrogen and oxygen atoms in total. The summed E-state index contributed by atoms with van der Waals surface area (Å²) in [5, 5.41) is 1.46. The third-order valence-corrected chi connectivity index (χ3v) is 6.41. The van der Waals surface area contributed by atoms with Crippen LogP contribution in [0, 0.1) is 5.82 Å². The minimum Gasteiger partial charge on any atom is -0.486 e. The van der Waals surface area contributed by atoms with E-state index in [0.29, 0.717) is 49.1 Å². The van der Waals surface area contributed by atoms with Gasteiger partial charge in [0.15, 0.2) is 0 Å². The lowest BCUT2D eigenvalue weighted by atomic mass is 10.2. The monoisotopic (exact) mass is 427 g/mol. The Kier molecular flexibility index (Phi) is 4.82. The summed E-state index contributed by atoms with van der Waals surface area (Å²) < 4.78 is 22.2. The molecule has 30 heavy (non-hydrogen) atoms. The second kappa shape index (κ2) is 7.51. The first-order valence-corrected chi connectivity index (χ1v) is 10.7. The molecule has 2 aliphatic rings. The Morgan fingerprint density at radius 3 is 2.67 bits per heavy atom. The molecule has 1 atom stereocenters. The molecule has 1 aromatic heterocycles. The van der Waals surface area contributed by atoms with E-state index in [0.717, 1.165) is 23.1 Å². The summed E-state index contributed by atoms with van der Waals surface area (Å²) >= 11 is 6.42. The SMILES string of the molecule is CC[C@@H]1Cn2c(C(=O)N3CCN(c4ccccc4F)CC3)cc3c(Cl)ccc(c32)O1. The number of piperazine rings is 1. The second-order valence-electron chi connectivity index (χ2n) is 7.83. The minimum atomic E-state index is -0.229. The van der Waals surface area contributed by atoms with Gasteiger partial charge in [0.1, 0.15) is 23.4 Å². The number of carbonyl (C=O) groups excluding carboxylic acids is 1. The van der Waals surface area contributed by atoms with Gasteiger partial charge in [0.25, 0.3) is 5.91 Å². The van der Waals surface area contributed by atoms with Gasteiger partial charge in [0.2, 0.25) is 0 Å². The summed E-state index contributed by atoms with van der Waals surface area (Å²) in [7, 11) is 0. The minimum absolute atomic E-state index is 0.0156. The molecule has 1 amide bonds. The molecule has 0 radical (unpaired) electrons. The lowest BCUT2D eigenvalue weighted by Gasteiger charge is -2.36. The summed E-state index contributed by atoms with van der Waals surface area (Å²) in [6.45, 7) is 4.99. The maximum Gasteiger partial charge on any atom is 0.270 e. The van der Waals surface area contributed by atoms with Crippen molar-refractivity contribution in [3.8, 4) is 5.75 Å². The topological polar surface area (TPSA) is 37.7 Å². The lowest BCUT2D eigenvalue weighted by molar-refractivity contribution is 0.0730. The summed E-state index contributed by atoms with van der Waals surface area (Å²) in [5.74, 6) is 0.529. The van der Waals surface area contributed by atoms with Gasteiger partial charge in [0, 0.05) is 31.6 Å². The highest BCUT2D eigenvalue weighted by molar-refractivity contribution is 6.36. The van der Waals surface area contributed by atoms with E-state index in [2.05, 4.69) is 11.5 Å². The van der Waals surface area contributed by atoms with Gasteiger partial charge in [-0.1, -0.05) is 30.7 Å². The van der Waals surface area contributed by atoms with E-state index in [4.69, 9.17) is 16.3 Å². The highest BCUT2D eigenvalue weighted by atomic mass is 35.5. The Balaban J connectivity index is 1.42. The van der Waals surface area contributed by atoms with Gasteiger partial charge in [-0.05, 0) is 36.8 Å². The molecular formula is C23H23ClFN3O2.